The van der Waals surface area contributed by atoms with Crippen molar-refractivity contribution in [1.82, 2.24) is 9.55 Å². The maximum Gasteiger partial charge on any atom is 0.293 e. The molecule has 1 aromatic rings. The lowest BCUT2D eigenvalue weighted by atomic mass is 9.81. The van der Waals surface area contributed by atoms with E-state index in [9.17, 15) is 4.79 Å². The molecule has 0 spiro atoms. The van der Waals surface area contributed by atoms with E-state index in [1.165, 1.54) is 32.1 Å². The Morgan fingerprint density at radius 2 is 1.86 bits per heavy atom. The van der Waals surface area contributed by atoms with E-state index in [-0.39, 0.29) is 11.1 Å². The van der Waals surface area contributed by atoms with E-state index in [1.807, 2.05) is 20.8 Å². The maximum absolute atomic E-state index is 12.4. The average molecular weight is 291 g/mol. The van der Waals surface area contributed by atoms with Crippen LogP contribution in [-0.2, 0) is 5.54 Å². The van der Waals surface area contributed by atoms with Crippen LogP contribution in [0.4, 0.5) is 5.82 Å². The third kappa shape index (κ3) is 4.08. The largest absolute Gasteiger partial charge is 0.365 e. The molecular weight excluding hydrogens is 262 g/mol. The van der Waals surface area contributed by atoms with Gasteiger partial charge in [-0.05, 0) is 45.4 Å². The van der Waals surface area contributed by atoms with Crippen LogP contribution in [0.5, 0.6) is 0 Å². The smallest absolute Gasteiger partial charge is 0.293 e. The van der Waals surface area contributed by atoms with Crippen molar-refractivity contribution < 1.29 is 0 Å². The van der Waals surface area contributed by atoms with Gasteiger partial charge in [0.1, 0.15) is 0 Å². The zero-order chi connectivity index (χ0) is 15.5. The van der Waals surface area contributed by atoms with Gasteiger partial charge in [0.2, 0.25) is 0 Å². The van der Waals surface area contributed by atoms with E-state index >= 15 is 0 Å². The van der Waals surface area contributed by atoms with E-state index in [0.29, 0.717) is 11.7 Å². The second-order valence-corrected chi connectivity index (χ2v) is 7.30. The third-order valence-corrected chi connectivity index (χ3v) is 4.67. The summed E-state index contributed by atoms with van der Waals surface area (Å²) < 4.78 is 1.75. The molecule has 1 aliphatic rings. The van der Waals surface area contributed by atoms with E-state index in [4.69, 9.17) is 0 Å². The van der Waals surface area contributed by atoms with Crippen molar-refractivity contribution in [1.29, 1.82) is 0 Å². The van der Waals surface area contributed by atoms with Crippen LogP contribution in [0.25, 0.3) is 0 Å². The molecule has 4 nitrogen and oxygen atoms in total. The summed E-state index contributed by atoms with van der Waals surface area (Å²) in [5.74, 6) is 2.08. The Hall–Kier alpha value is -1.32. The van der Waals surface area contributed by atoms with Gasteiger partial charge in [0.25, 0.3) is 5.56 Å². The summed E-state index contributed by atoms with van der Waals surface area (Å²) >= 11 is 0. The highest BCUT2D eigenvalue weighted by Gasteiger charge is 2.21. The fraction of sp³-hybridized carbons (Fsp3) is 0.765. The van der Waals surface area contributed by atoms with Crippen LogP contribution in [0.2, 0.25) is 0 Å². The van der Waals surface area contributed by atoms with Gasteiger partial charge in [-0.1, -0.05) is 26.2 Å². The first-order valence-electron chi connectivity index (χ1n) is 8.23. The first-order valence-corrected chi connectivity index (χ1v) is 8.23. The molecule has 118 valence electrons. The molecule has 2 rings (SSSR count). The Balaban J connectivity index is 1.97. The number of aromatic nitrogens is 2. The minimum atomic E-state index is -0.213. The van der Waals surface area contributed by atoms with E-state index < -0.39 is 0 Å². The van der Waals surface area contributed by atoms with Gasteiger partial charge in [-0.25, -0.2) is 4.98 Å². The molecule has 0 radical (unpaired) electrons. The Kier molecular flexibility index (Phi) is 5.07. The number of rotatable bonds is 4. The van der Waals surface area contributed by atoms with Gasteiger partial charge in [-0.3, -0.25) is 4.79 Å². The van der Waals surface area contributed by atoms with Gasteiger partial charge in [-0.2, -0.15) is 0 Å². The molecule has 1 N–H and O–H groups in total. The summed E-state index contributed by atoms with van der Waals surface area (Å²) in [6.45, 7) is 9.25. The quantitative estimate of drug-likeness (QED) is 0.921. The Morgan fingerprint density at radius 3 is 2.43 bits per heavy atom. The average Bonchev–Trinajstić information content (AvgIpc) is 2.45. The second-order valence-electron chi connectivity index (χ2n) is 7.30. The van der Waals surface area contributed by atoms with Crippen LogP contribution in [0.15, 0.2) is 17.2 Å². The lowest BCUT2D eigenvalue weighted by Crippen LogP contribution is -2.35. The normalized spacial score (nSPS) is 23.0. The fourth-order valence-electron chi connectivity index (χ4n) is 3.15. The number of anilines is 1. The van der Waals surface area contributed by atoms with Gasteiger partial charge in [0.15, 0.2) is 5.82 Å². The van der Waals surface area contributed by atoms with Gasteiger partial charge in [0.05, 0.1) is 0 Å². The minimum Gasteiger partial charge on any atom is -0.365 e. The monoisotopic (exact) mass is 291 g/mol. The van der Waals surface area contributed by atoms with Crippen LogP contribution in [-0.4, -0.2) is 16.1 Å². The van der Waals surface area contributed by atoms with Crippen LogP contribution < -0.4 is 10.9 Å². The van der Waals surface area contributed by atoms with Crippen LogP contribution in [0.1, 0.15) is 59.8 Å². The van der Waals surface area contributed by atoms with Gasteiger partial charge >= 0.3 is 0 Å². The summed E-state index contributed by atoms with van der Waals surface area (Å²) in [5.41, 5.74) is -0.234. The van der Waals surface area contributed by atoms with Crippen LogP contribution in [0, 0.1) is 11.8 Å². The van der Waals surface area contributed by atoms with Crippen molar-refractivity contribution in [2.24, 2.45) is 11.8 Å². The molecule has 1 saturated carbocycles. The third-order valence-electron chi connectivity index (χ3n) is 4.67. The number of hydrogen-bond donors (Lipinski definition) is 1. The van der Waals surface area contributed by atoms with Crippen molar-refractivity contribution in [3.05, 3.63) is 22.7 Å². The summed E-state index contributed by atoms with van der Waals surface area (Å²) in [7, 11) is 0. The summed E-state index contributed by atoms with van der Waals surface area (Å²) in [6, 6.07) is 0. The zero-order valence-electron chi connectivity index (χ0n) is 13.9. The predicted octanol–water partition coefficient (Wildman–Crippen LogP) is 3.63. The molecule has 0 aromatic carbocycles. The fourth-order valence-corrected chi connectivity index (χ4v) is 3.15. The van der Waals surface area contributed by atoms with Crippen LogP contribution in [0.3, 0.4) is 0 Å². The molecule has 0 aliphatic heterocycles. The first-order chi connectivity index (χ1) is 9.91. The van der Waals surface area contributed by atoms with Crippen molar-refractivity contribution in [3.63, 3.8) is 0 Å². The highest BCUT2D eigenvalue weighted by atomic mass is 16.1. The standard InChI is InChI=1S/C17H29N3O/c1-5-13-6-8-14(9-7-13)12-19-15-16(21)20(11-10-18-15)17(2,3)4/h10-11,13-14H,5-9,12H2,1-4H3,(H,18,19). The van der Waals surface area contributed by atoms with E-state index in [1.54, 1.807) is 17.0 Å². The summed E-state index contributed by atoms with van der Waals surface area (Å²) in [5, 5.41) is 3.28. The summed E-state index contributed by atoms with van der Waals surface area (Å²) in [4.78, 5) is 16.6. The molecule has 0 saturated heterocycles. The van der Waals surface area contributed by atoms with E-state index in [2.05, 4.69) is 17.2 Å². The Morgan fingerprint density at radius 1 is 1.24 bits per heavy atom. The second kappa shape index (κ2) is 6.63. The molecule has 1 heterocycles. The van der Waals surface area contributed by atoms with Crippen molar-refractivity contribution in [2.75, 3.05) is 11.9 Å². The molecular formula is C17H29N3O. The summed E-state index contributed by atoms with van der Waals surface area (Å²) in [6.07, 6.45) is 9.98. The minimum absolute atomic E-state index is 0.0211. The SMILES string of the molecule is CCC1CCC(CNc2nccn(C(C)(C)C)c2=O)CC1. The molecule has 0 atom stereocenters. The predicted molar refractivity (Wildman–Crippen MR) is 87.7 cm³/mol. The lowest BCUT2D eigenvalue weighted by Gasteiger charge is -2.28. The first kappa shape index (κ1) is 16.1. The number of nitrogens with zero attached hydrogens (tertiary/aromatic N) is 2. The number of hydrogen-bond acceptors (Lipinski definition) is 3. The Bertz CT molecular complexity index is 508. The molecule has 1 aliphatic carbocycles. The molecule has 0 unspecified atom stereocenters. The van der Waals surface area contributed by atoms with Crippen molar-refractivity contribution >= 4 is 5.82 Å². The number of nitrogens with one attached hydrogen (secondary N) is 1. The molecule has 4 heteroatoms. The Labute approximate surface area is 128 Å². The molecule has 1 fully saturated rings. The maximum atomic E-state index is 12.4. The molecule has 21 heavy (non-hydrogen) atoms. The van der Waals surface area contributed by atoms with Crippen molar-refractivity contribution in [2.45, 2.75) is 65.3 Å². The molecule has 0 bridgehead atoms. The van der Waals surface area contributed by atoms with Gasteiger partial charge < -0.3 is 9.88 Å². The van der Waals surface area contributed by atoms with Gasteiger partial charge in [0, 0.05) is 24.5 Å². The highest BCUT2D eigenvalue weighted by molar-refractivity contribution is 5.31. The molecule has 1 aromatic heterocycles. The van der Waals surface area contributed by atoms with Gasteiger partial charge in [-0.15, -0.1) is 0 Å². The lowest BCUT2D eigenvalue weighted by molar-refractivity contribution is 0.278. The highest BCUT2D eigenvalue weighted by Crippen LogP contribution is 2.30. The topological polar surface area (TPSA) is 46.9 Å². The van der Waals surface area contributed by atoms with E-state index in [0.717, 1.165) is 12.5 Å². The molecule has 0 amide bonds. The van der Waals surface area contributed by atoms with Crippen molar-refractivity contribution in [3.8, 4) is 0 Å². The zero-order valence-corrected chi connectivity index (χ0v) is 13.9. The van der Waals surface area contributed by atoms with Crippen LogP contribution >= 0.6 is 0 Å².